The summed E-state index contributed by atoms with van der Waals surface area (Å²) in [5.41, 5.74) is 4.95. The third-order valence-corrected chi connectivity index (χ3v) is 5.10. The molecular weight excluding hydrogens is 487 g/mol. The van der Waals surface area contributed by atoms with Crippen molar-refractivity contribution in [2.45, 2.75) is 60.7 Å². The van der Waals surface area contributed by atoms with Crippen LogP contribution in [0.3, 0.4) is 0 Å². The lowest BCUT2D eigenvalue weighted by atomic mass is 10.1. The minimum atomic E-state index is 0. The van der Waals surface area contributed by atoms with E-state index in [0.29, 0.717) is 6.54 Å². The monoisotopic (exact) mass is 526 g/mol. The minimum Gasteiger partial charge on any atom is -0.357 e. The number of aromatic nitrogens is 2. The van der Waals surface area contributed by atoms with Crippen molar-refractivity contribution in [2.75, 3.05) is 26.2 Å². The molecule has 1 heterocycles. The normalized spacial score (nSPS) is 11.5. The molecule has 0 bridgehead atoms. The average molecular weight is 527 g/mol. The summed E-state index contributed by atoms with van der Waals surface area (Å²) in [7, 11) is 0. The maximum Gasteiger partial charge on any atom is 0.191 e. The van der Waals surface area contributed by atoms with Gasteiger partial charge in [-0.05, 0) is 57.5 Å². The van der Waals surface area contributed by atoms with Crippen molar-refractivity contribution in [1.82, 2.24) is 25.3 Å². The smallest absolute Gasteiger partial charge is 0.191 e. The van der Waals surface area contributed by atoms with Crippen molar-refractivity contribution in [3.8, 4) is 0 Å². The van der Waals surface area contributed by atoms with Gasteiger partial charge in [-0.2, -0.15) is 5.10 Å². The molecular formula is C23H39IN6. The van der Waals surface area contributed by atoms with Crippen molar-refractivity contribution in [2.24, 2.45) is 4.99 Å². The second-order valence-corrected chi connectivity index (χ2v) is 7.36. The molecule has 2 N–H and O–H groups in total. The molecule has 2 rings (SSSR count). The molecule has 0 unspecified atom stereocenters. The summed E-state index contributed by atoms with van der Waals surface area (Å²) < 4.78 is 2.07. The maximum absolute atomic E-state index is 4.82. The Bertz CT molecular complexity index is 767. The fourth-order valence-corrected chi connectivity index (χ4v) is 3.40. The molecule has 0 fully saturated rings. The standard InChI is InChI=1S/C23H38N6.HI/c1-6-24-23(25-14-11-15-29-20(5)16-19(4)27-29)26-17-21-12-9-10-13-22(21)18-28(7-2)8-3;/h9-10,12-13,16H,6-8,11,14-15,17-18H2,1-5H3,(H2,24,25,26);1H. The van der Waals surface area contributed by atoms with Gasteiger partial charge in [0.1, 0.15) is 0 Å². The van der Waals surface area contributed by atoms with Gasteiger partial charge in [0.15, 0.2) is 5.96 Å². The average Bonchev–Trinajstić information content (AvgIpc) is 3.05. The molecule has 0 aliphatic rings. The minimum absolute atomic E-state index is 0. The molecule has 30 heavy (non-hydrogen) atoms. The third kappa shape index (κ3) is 8.63. The Hall–Kier alpha value is -1.61. The molecule has 1 aromatic heterocycles. The van der Waals surface area contributed by atoms with Gasteiger partial charge in [0.2, 0.25) is 0 Å². The van der Waals surface area contributed by atoms with Crippen LogP contribution in [0.5, 0.6) is 0 Å². The second kappa shape index (κ2) is 14.4. The van der Waals surface area contributed by atoms with Crippen LogP contribution in [0.15, 0.2) is 35.3 Å². The Morgan fingerprint density at radius 1 is 1.07 bits per heavy atom. The highest BCUT2D eigenvalue weighted by Crippen LogP contribution is 2.13. The van der Waals surface area contributed by atoms with E-state index in [1.165, 1.54) is 16.8 Å². The number of aryl methyl sites for hydroxylation is 3. The predicted molar refractivity (Wildman–Crippen MR) is 138 cm³/mol. The van der Waals surface area contributed by atoms with E-state index in [0.717, 1.165) is 57.3 Å². The van der Waals surface area contributed by atoms with Gasteiger partial charge in [-0.1, -0.05) is 38.1 Å². The molecule has 2 aromatic rings. The number of hydrogen-bond acceptors (Lipinski definition) is 3. The summed E-state index contributed by atoms with van der Waals surface area (Å²) in [6.07, 6.45) is 1.00. The van der Waals surface area contributed by atoms with Gasteiger partial charge < -0.3 is 10.6 Å². The number of hydrogen-bond donors (Lipinski definition) is 2. The Morgan fingerprint density at radius 3 is 2.37 bits per heavy atom. The van der Waals surface area contributed by atoms with E-state index in [9.17, 15) is 0 Å². The highest BCUT2D eigenvalue weighted by atomic mass is 127. The van der Waals surface area contributed by atoms with Gasteiger partial charge in [0, 0.05) is 31.9 Å². The number of benzene rings is 1. The van der Waals surface area contributed by atoms with Crippen LogP contribution in [0.1, 0.15) is 49.7 Å². The molecule has 0 atom stereocenters. The first-order chi connectivity index (χ1) is 14.1. The van der Waals surface area contributed by atoms with Gasteiger partial charge >= 0.3 is 0 Å². The van der Waals surface area contributed by atoms with Gasteiger partial charge in [-0.15, -0.1) is 24.0 Å². The van der Waals surface area contributed by atoms with Crippen LogP contribution < -0.4 is 10.6 Å². The van der Waals surface area contributed by atoms with Crippen LogP contribution in [0, 0.1) is 13.8 Å². The number of rotatable bonds is 11. The molecule has 0 aliphatic carbocycles. The topological polar surface area (TPSA) is 57.5 Å². The first-order valence-electron chi connectivity index (χ1n) is 10.9. The highest BCUT2D eigenvalue weighted by Gasteiger charge is 2.07. The summed E-state index contributed by atoms with van der Waals surface area (Å²) in [4.78, 5) is 7.26. The van der Waals surface area contributed by atoms with Gasteiger partial charge in [-0.3, -0.25) is 9.58 Å². The van der Waals surface area contributed by atoms with Crippen LogP contribution in [0.2, 0.25) is 0 Å². The molecule has 0 spiro atoms. The summed E-state index contributed by atoms with van der Waals surface area (Å²) in [5.74, 6) is 0.874. The number of aliphatic imine (C=N–C) groups is 1. The number of guanidine groups is 1. The molecule has 0 aliphatic heterocycles. The zero-order valence-electron chi connectivity index (χ0n) is 19.2. The molecule has 6 nitrogen and oxygen atoms in total. The molecule has 0 saturated heterocycles. The zero-order chi connectivity index (χ0) is 21.1. The van der Waals surface area contributed by atoms with Gasteiger partial charge in [0.25, 0.3) is 0 Å². The van der Waals surface area contributed by atoms with Crippen LogP contribution in [0.4, 0.5) is 0 Å². The number of halogens is 1. The van der Waals surface area contributed by atoms with E-state index in [2.05, 4.69) is 83.3 Å². The summed E-state index contributed by atoms with van der Waals surface area (Å²) in [5, 5.41) is 11.3. The van der Waals surface area contributed by atoms with Crippen molar-refractivity contribution in [3.63, 3.8) is 0 Å². The van der Waals surface area contributed by atoms with Crippen LogP contribution >= 0.6 is 24.0 Å². The van der Waals surface area contributed by atoms with Crippen LogP contribution in [0.25, 0.3) is 0 Å². The summed E-state index contributed by atoms with van der Waals surface area (Å²) in [6.45, 7) is 17.1. The van der Waals surface area contributed by atoms with Crippen molar-refractivity contribution < 1.29 is 0 Å². The Labute approximate surface area is 199 Å². The number of nitrogens with one attached hydrogen (secondary N) is 2. The van der Waals surface area contributed by atoms with E-state index < -0.39 is 0 Å². The van der Waals surface area contributed by atoms with E-state index >= 15 is 0 Å². The van der Waals surface area contributed by atoms with E-state index in [-0.39, 0.29) is 24.0 Å². The van der Waals surface area contributed by atoms with E-state index in [1.54, 1.807) is 0 Å². The fraction of sp³-hybridized carbons (Fsp3) is 0.565. The predicted octanol–water partition coefficient (Wildman–Crippen LogP) is 4.11. The lowest BCUT2D eigenvalue weighted by Gasteiger charge is -2.20. The largest absolute Gasteiger partial charge is 0.357 e. The molecule has 0 saturated carbocycles. The summed E-state index contributed by atoms with van der Waals surface area (Å²) >= 11 is 0. The molecule has 1 aromatic carbocycles. The SMILES string of the molecule is CCNC(=NCc1ccccc1CN(CC)CC)NCCCn1nc(C)cc1C.I. The Balaban J connectivity index is 0.00000450. The third-order valence-electron chi connectivity index (χ3n) is 5.10. The Kier molecular flexibility index (Phi) is 12.7. The molecule has 7 heteroatoms. The van der Waals surface area contributed by atoms with Crippen molar-refractivity contribution in [1.29, 1.82) is 0 Å². The first-order valence-corrected chi connectivity index (χ1v) is 10.9. The maximum atomic E-state index is 4.82. The first kappa shape index (κ1) is 26.4. The lowest BCUT2D eigenvalue weighted by Crippen LogP contribution is -2.38. The van der Waals surface area contributed by atoms with Crippen LogP contribution in [-0.2, 0) is 19.6 Å². The number of nitrogens with zero attached hydrogens (tertiary/aromatic N) is 4. The highest BCUT2D eigenvalue weighted by molar-refractivity contribution is 14.0. The van der Waals surface area contributed by atoms with Gasteiger partial charge in [0.05, 0.1) is 12.2 Å². The van der Waals surface area contributed by atoms with Crippen molar-refractivity contribution >= 4 is 29.9 Å². The fourth-order valence-electron chi connectivity index (χ4n) is 3.40. The summed E-state index contributed by atoms with van der Waals surface area (Å²) in [6, 6.07) is 10.8. The van der Waals surface area contributed by atoms with E-state index in [1.807, 2.05) is 6.92 Å². The van der Waals surface area contributed by atoms with E-state index in [4.69, 9.17) is 4.99 Å². The molecule has 0 radical (unpaired) electrons. The Morgan fingerprint density at radius 2 is 1.77 bits per heavy atom. The zero-order valence-corrected chi connectivity index (χ0v) is 21.6. The van der Waals surface area contributed by atoms with Gasteiger partial charge in [-0.25, -0.2) is 4.99 Å². The van der Waals surface area contributed by atoms with Crippen LogP contribution in [-0.4, -0.2) is 46.8 Å². The van der Waals surface area contributed by atoms with Crippen molar-refractivity contribution in [3.05, 3.63) is 52.8 Å². The lowest BCUT2D eigenvalue weighted by molar-refractivity contribution is 0.295. The molecule has 0 amide bonds. The quantitative estimate of drug-likeness (QED) is 0.200. The molecule has 168 valence electrons. The second-order valence-electron chi connectivity index (χ2n) is 7.36.